The fraction of sp³-hybridized carbons (Fsp3) is 0.516. The fourth-order valence-corrected chi connectivity index (χ4v) is 5.55. The minimum Gasteiger partial charge on any atom is -0.483 e. The number of amides is 4. The number of hydrogen-bond acceptors (Lipinski definition) is 9. The highest BCUT2D eigenvalue weighted by Crippen LogP contribution is 2.27. The number of benzene rings is 1. The largest absolute Gasteiger partial charge is 0.483 e. The molecule has 0 saturated carbocycles. The SMILES string of the molecule is CCOC(=O)N1CCN(C(=O)[C@H](CCC(=O)O)NC(=O)c2cc(OCC(=O)N3CCCC[C@H]3C(=O)O)c3ccc(C)cc3n2)CC1. The van der Waals surface area contributed by atoms with Gasteiger partial charge in [0.1, 0.15) is 23.5 Å². The highest BCUT2D eigenvalue weighted by molar-refractivity contribution is 5.99. The maximum absolute atomic E-state index is 13.5. The van der Waals surface area contributed by atoms with Crippen molar-refractivity contribution in [2.24, 2.45) is 0 Å². The number of hydrogen-bond donors (Lipinski definition) is 3. The van der Waals surface area contributed by atoms with Crippen LogP contribution in [0, 0.1) is 6.92 Å². The van der Waals surface area contributed by atoms with Crippen molar-refractivity contribution < 1.29 is 48.5 Å². The summed E-state index contributed by atoms with van der Waals surface area (Å²) in [5.74, 6) is -3.81. The first-order chi connectivity index (χ1) is 22.0. The molecule has 2 atom stereocenters. The van der Waals surface area contributed by atoms with E-state index in [0.717, 1.165) is 5.56 Å². The second kappa shape index (κ2) is 15.4. The second-order valence-electron chi connectivity index (χ2n) is 11.2. The molecule has 1 aromatic carbocycles. The van der Waals surface area contributed by atoms with Gasteiger partial charge in [0.15, 0.2) is 6.61 Å². The van der Waals surface area contributed by atoms with E-state index in [0.29, 0.717) is 36.7 Å². The zero-order chi connectivity index (χ0) is 33.4. The van der Waals surface area contributed by atoms with E-state index in [1.807, 2.05) is 13.0 Å². The van der Waals surface area contributed by atoms with Gasteiger partial charge in [-0.05, 0) is 57.2 Å². The molecule has 15 nitrogen and oxygen atoms in total. The number of pyridine rings is 1. The monoisotopic (exact) mass is 641 g/mol. The molecule has 1 aromatic heterocycles. The molecule has 3 heterocycles. The molecular weight excluding hydrogens is 602 g/mol. The van der Waals surface area contributed by atoms with E-state index in [9.17, 15) is 39.0 Å². The summed E-state index contributed by atoms with van der Waals surface area (Å²) >= 11 is 0. The third-order valence-electron chi connectivity index (χ3n) is 7.99. The highest BCUT2D eigenvalue weighted by Gasteiger charge is 2.33. The van der Waals surface area contributed by atoms with Gasteiger partial charge in [0, 0.05) is 50.6 Å². The number of aromatic nitrogens is 1. The van der Waals surface area contributed by atoms with Crippen LogP contribution in [0.15, 0.2) is 24.3 Å². The summed E-state index contributed by atoms with van der Waals surface area (Å²) in [5.41, 5.74) is 1.11. The number of nitrogens with one attached hydrogen (secondary N) is 1. The number of likely N-dealkylation sites (tertiary alicyclic amines) is 1. The van der Waals surface area contributed by atoms with E-state index in [1.54, 1.807) is 19.1 Å². The summed E-state index contributed by atoms with van der Waals surface area (Å²) in [6, 6.07) is 4.48. The lowest BCUT2D eigenvalue weighted by molar-refractivity contribution is -0.152. The number of piperazine rings is 1. The number of carbonyl (C=O) groups is 6. The van der Waals surface area contributed by atoms with Crippen LogP contribution in [0.25, 0.3) is 10.9 Å². The van der Waals surface area contributed by atoms with Crippen molar-refractivity contribution in [2.75, 3.05) is 45.9 Å². The number of nitrogens with zero attached hydrogens (tertiary/aromatic N) is 4. The lowest BCUT2D eigenvalue weighted by Crippen LogP contribution is -2.56. The van der Waals surface area contributed by atoms with Gasteiger partial charge in [-0.15, -0.1) is 0 Å². The van der Waals surface area contributed by atoms with E-state index in [1.165, 1.54) is 20.8 Å². The third kappa shape index (κ3) is 8.40. The van der Waals surface area contributed by atoms with Crippen molar-refractivity contribution in [3.63, 3.8) is 0 Å². The van der Waals surface area contributed by atoms with Gasteiger partial charge in [0.2, 0.25) is 5.91 Å². The molecule has 2 aliphatic rings. The molecule has 4 rings (SSSR count). The standard InChI is InChI=1S/C31H39N5O10/c1-3-45-31(44)35-14-12-34(13-15-35)29(41)21(9-10-27(38)39)33-28(40)23-17-25(20-8-7-19(2)16-22(20)32-23)46-18-26(37)36-11-5-4-6-24(36)30(42)43/h7-8,16-17,21,24H,3-6,9-15,18H2,1-2H3,(H,33,40)(H,38,39)(H,42,43)/t21-,24-/m0/s1. The molecule has 0 aliphatic carbocycles. The van der Waals surface area contributed by atoms with E-state index < -0.39 is 54.4 Å². The zero-order valence-corrected chi connectivity index (χ0v) is 25.9. The topological polar surface area (TPSA) is 196 Å². The summed E-state index contributed by atoms with van der Waals surface area (Å²) < 4.78 is 10.9. The van der Waals surface area contributed by atoms with Gasteiger partial charge < -0.3 is 39.7 Å². The molecule has 0 radical (unpaired) electrons. The maximum atomic E-state index is 13.5. The van der Waals surface area contributed by atoms with Crippen LogP contribution in [-0.4, -0.2) is 124 Å². The second-order valence-corrected chi connectivity index (χ2v) is 11.2. The molecule has 15 heteroatoms. The van der Waals surface area contributed by atoms with Crippen LogP contribution in [0.4, 0.5) is 4.79 Å². The smallest absolute Gasteiger partial charge is 0.409 e. The summed E-state index contributed by atoms with van der Waals surface area (Å²) in [6.07, 6.45) is 0.692. The Bertz CT molecular complexity index is 1490. The van der Waals surface area contributed by atoms with E-state index >= 15 is 0 Å². The molecule has 2 saturated heterocycles. The number of ether oxygens (including phenoxy) is 2. The Kier molecular flexibility index (Phi) is 11.3. The van der Waals surface area contributed by atoms with Crippen LogP contribution in [0.2, 0.25) is 0 Å². The van der Waals surface area contributed by atoms with E-state index in [2.05, 4.69) is 10.3 Å². The van der Waals surface area contributed by atoms with Crippen molar-refractivity contribution in [1.29, 1.82) is 0 Å². The first kappa shape index (κ1) is 33.9. The Balaban J connectivity index is 1.52. The van der Waals surface area contributed by atoms with Crippen LogP contribution in [0.5, 0.6) is 5.75 Å². The van der Waals surface area contributed by atoms with Crippen LogP contribution < -0.4 is 10.1 Å². The summed E-state index contributed by atoms with van der Waals surface area (Å²) in [5, 5.41) is 22.0. The van der Waals surface area contributed by atoms with Gasteiger partial charge in [0.25, 0.3) is 11.8 Å². The molecule has 248 valence electrons. The van der Waals surface area contributed by atoms with Crippen molar-refractivity contribution in [3.05, 3.63) is 35.5 Å². The third-order valence-corrected chi connectivity index (χ3v) is 7.99. The van der Waals surface area contributed by atoms with Gasteiger partial charge in [-0.1, -0.05) is 6.07 Å². The number of piperidine rings is 1. The van der Waals surface area contributed by atoms with Crippen LogP contribution in [0.3, 0.4) is 0 Å². The molecule has 2 aliphatic heterocycles. The highest BCUT2D eigenvalue weighted by atomic mass is 16.6. The Hall–Kier alpha value is -4.95. The molecule has 4 amide bonds. The van der Waals surface area contributed by atoms with Gasteiger partial charge >= 0.3 is 18.0 Å². The number of aliphatic carboxylic acids is 2. The summed E-state index contributed by atoms with van der Waals surface area (Å²) in [4.78, 5) is 83.8. The van der Waals surface area contributed by atoms with Gasteiger partial charge in [-0.2, -0.15) is 0 Å². The number of aryl methyl sites for hydroxylation is 1. The number of rotatable bonds is 11. The minimum absolute atomic E-state index is 0.123. The first-order valence-corrected chi connectivity index (χ1v) is 15.3. The van der Waals surface area contributed by atoms with Crippen molar-refractivity contribution in [3.8, 4) is 5.75 Å². The van der Waals surface area contributed by atoms with E-state index in [4.69, 9.17) is 9.47 Å². The molecule has 3 N–H and O–H groups in total. The Morgan fingerprint density at radius 1 is 1.00 bits per heavy atom. The first-order valence-electron chi connectivity index (χ1n) is 15.3. The van der Waals surface area contributed by atoms with Gasteiger partial charge in [-0.25, -0.2) is 14.6 Å². The maximum Gasteiger partial charge on any atom is 0.409 e. The zero-order valence-electron chi connectivity index (χ0n) is 25.9. The molecule has 46 heavy (non-hydrogen) atoms. The lowest BCUT2D eigenvalue weighted by atomic mass is 10.0. The number of carboxylic acid groups (broad SMARTS) is 2. The quantitative estimate of drug-likeness (QED) is 0.323. The van der Waals surface area contributed by atoms with Crippen LogP contribution >= 0.6 is 0 Å². The number of carbonyl (C=O) groups excluding carboxylic acids is 4. The summed E-state index contributed by atoms with van der Waals surface area (Å²) in [7, 11) is 0. The van der Waals surface area contributed by atoms with Crippen LogP contribution in [0.1, 0.15) is 55.1 Å². The van der Waals surface area contributed by atoms with Crippen molar-refractivity contribution in [1.82, 2.24) is 25.0 Å². The molecule has 0 unspecified atom stereocenters. The average Bonchev–Trinajstić information content (AvgIpc) is 3.04. The van der Waals surface area contributed by atoms with Crippen LogP contribution in [-0.2, 0) is 23.9 Å². The molecule has 2 aromatic rings. The molecule has 0 bridgehead atoms. The molecule has 2 fully saturated rings. The lowest BCUT2D eigenvalue weighted by Gasteiger charge is -2.35. The number of fused-ring (bicyclic) bond motifs is 1. The predicted molar refractivity (Wildman–Crippen MR) is 162 cm³/mol. The average molecular weight is 642 g/mol. The Labute approximate surface area is 265 Å². The van der Waals surface area contributed by atoms with Crippen molar-refractivity contribution >= 4 is 46.7 Å². The van der Waals surface area contributed by atoms with E-state index in [-0.39, 0.29) is 57.1 Å². The fourth-order valence-electron chi connectivity index (χ4n) is 5.55. The van der Waals surface area contributed by atoms with Gasteiger partial charge in [0.05, 0.1) is 12.1 Å². The molecular formula is C31H39N5O10. The molecule has 0 spiro atoms. The Morgan fingerprint density at radius 3 is 2.39 bits per heavy atom. The normalized spacial score (nSPS) is 17.3. The summed E-state index contributed by atoms with van der Waals surface area (Å²) in [6.45, 7) is 4.38. The number of carboxylic acids is 2. The minimum atomic E-state index is -1.19. The van der Waals surface area contributed by atoms with Gasteiger partial charge in [-0.3, -0.25) is 19.2 Å². The van der Waals surface area contributed by atoms with Crippen molar-refractivity contribution in [2.45, 2.75) is 58.0 Å². The predicted octanol–water partition coefficient (Wildman–Crippen LogP) is 1.65. The Morgan fingerprint density at radius 2 is 1.72 bits per heavy atom.